The molecule has 1 aliphatic heterocycles. The van der Waals surface area contributed by atoms with E-state index in [0.29, 0.717) is 0 Å². The average Bonchev–Trinajstić information content (AvgIpc) is 2.17. The van der Waals surface area contributed by atoms with Crippen molar-refractivity contribution in [3.8, 4) is 0 Å². The molecule has 1 rings (SSSR count). The lowest BCUT2D eigenvalue weighted by Gasteiger charge is -2.15. The first-order valence-corrected chi connectivity index (χ1v) is 4.13. The van der Waals surface area contributed by atoms with Gasteiger partial charge in [-0.05, 0) is 25.9 Å². The predicted octanol–water partition coefficient (Wildman–Crippen LogP) is 2.21. The van der Waals surface area contributed by atoms with Crippen LogP contribution in [0.5, 0.6) is 0 Å². The van der Waals surface area contributed by atoms with E-state index >= 15 is 0 Å². The second-order valence-corrected chi connectivity index (χ2v) is 2.83. The quantitative estimate of drug-likeness (QED) is 0.565. The van der Waals surface area contributed by atoms with Gasteiger partial charge in [0.15, 0.2) is 0 Å². The van der Waals surface area contributed by atoms with Gasteiger partial charge < -0.3 is 0 Å². The molecular formula is C9H16N. The molecule has 0 saturated carbocycles. The van der Waals surface area contributed by atoms with E-state index in [0.717, 1.165) is 0 Å². The summed E-state index contributed by atoms with van der Waals surface area (Å²) in [4.78, 5) is 2.36. The number of nitrogens with zero attached hydrogens (tertiary/aromatic N) is 1. The summed E-state index contributed by atoms with van der Waals surface area (Å²) in [5, 5.41) is 0. The molecule has 1 nitrogen and oxygen atoms in total. The minimum absolute atomic E-state index is 1.23. The molecule has 1 aliphatic rings. The summed E-state index contributed by atoms with van der Waals surface area (Å²) in [6, 6.07) is 0. The van der Waals surface area contributed by atoms with Gasteiger partial charge in [0.2, 0.25) is 0 Å². The fourth-order valence-corrected chi connectivity index (χ4v) is 1.39. The van der Waals surface area contributed by atoms with Crippen LogP contribution in [0.1, 0.15) is 25.7 Å². The van der Waals surface area contributed by atoms with Gasteiger partial charge in [-0.1, -0.05) is 18.9 Å². The first-order valence-electron chi connectivity index (χ1n) is 4.13. The third kappa shape index (κ3) is 2.53. The lowest BCUT2D eigenvalue weighted by atomic mass is 10.2. The van der Waals surface area contributed by atoms with Gasteiger partial charge >= 0.3 is 0 Å². The Morgan fingerprint density at radius 2 is 1.60 bits per heavy atom. The molecule has 57 valence electrons. The van der Waals surface area contributed by atoms with Gasteiger partial charge in [0.25, 0.3) is 0 Å². The molecule has 0 unspecified atom stereocenters. The monoisotopic (exact) mass is 138 g/mol. The summed E-state index contributed by atoms with van der Waals surface area (Å²) < 4.78 is 0. The Morgan fingerprint density at radius 1 is 1.00 bits per heavy atom. The molecule has 0 spiro atoms. The molecule has 1 heteroatoms. The minimum Gasteiger partial charge on any atom is -0.295 e. The van der Waals surface area contributed by atoms with Crippen LogP contribution in [0.25, 0.3) is 0 Å². The molecule has 0 N–H and O–H groups in total. The fourth-order valence-electron chi connectivity index (χ4n) is 1.39. The number of rotatable bonds is 2. The van der Waals surface area contributed by atoms with Crippen molar-refractivity contribution in [3.05, 3.63) is 19.2 Å². The molecule has 1 radical (unpaired) electrons. The molecule has 0 aliphatic carbocycles. The summed E-state index contributed by atoms with van der Waals surface area (Å²) in [5.74, 6) is 0. The van der Waals surface area contributed by atoms with Crippen LogP contribution in [0.4, 0.5) is 0 Å². The van der Waals surface area contributed by atoms with E-state index in [1.54, 1.807) is 0 Å². The van der Waals surface area contributed by atoms with Gasteiger partial charge in [-0.3, -0.25) is 4.90 Å². The lowest BCUT2D eigenvalue weighted by Crippen LogP contribution is -2.20. The highest BCUT2D eigenvalue weighted by atomic mass is 15.1. The molecule has 1 saturated heterocycles. The highest BCUT2D eigenvalue weighted by molar-refractivity contribution is 4.87. The zero-order chi connectivity index (χ0) is 7.23. The lowest BCUT2D eigenvalue weighted by molar-refractivity contribution is 0.362. The maximum Gasteiger partial charge on any atom is 0.0467 e. The summed E-state index contributed by atoms with van der Waals surface area (Å²) in [6.45, 7) is 8.25. The Morgan fingerprint density at radius 3 is 2.10 bits per heavy atom. The van der Waals surface area contributed by atoms with Gasteiger partial charge in [-0.2, -0.15) is 0 Å². The molecule has 0 aromatic carbocycles. The van der Waals surface area contributed by atoms with E-state index in [-0.39, 0.29) is 0 Å². The van der Waals surface area contributed by atoms with E-state index in [1.807, 2.05) is 6.08 Å². The van der Waals surface area contributed by atoms with Crippen LogP contribution in [0.2, 0.25) is 0 Å². The van der Waals surface area contributed by atoms with Crippen molar-refractivity contribution in [3.63, 3.8) is 0 Å². The SMILES string of the molecule is C=C[CH]N1CCCCCC1. The molecule has 0 atom stereocenters. The maximum atomic E-state index is 3.69. The van der Waals surface area contributed by atoms with Crippen LogP contribution in [0.3, 0.4) is 0 Å². The van der Waals surface area contributed by atoms with Crippen molar-refractivity contribution in [2.75, 3.05) is 13.1 Å². The van der Waals surface area contributed by atoms with Crippen LogP contribution < -0.4 is 0 Å². The first-order chi connectivity index (χ1) is 4.93. The zero-order valence-corrected chi connectivity index (χ0v) is 6.55. The van der Waals surface area contributed by atoms with E-state index in [9.17, 15) is 0 Å². The van der Waals surface area contributed by atoms with E-state index in [2.05, 4.69) is 18.0 Å². The summed E-state index contributed by atoms with van der Waals surface area (Å²) in [5.41, 5.74) is 0. The van der Waals surface area contributed by atoms with Crippen LogP contribution in [0.15, 0.2) is 12.7 Å². The standard InChI is InChI=1S/C9H16N/c1-2-7-10-8-5-3-4-6-9-10/h2,7H,1,3-6,8-9H2. The molecule has 10 heavy (non-hydrogen) atoms. The van der Waals surface area contributed by atoms with Crippen molar-refractivity contribution in [2.45, 2.75) is 25.7 Å². The first kappa shape index (κ1) is 7.80. The van der Waals surface area contributed by atoms with Crippen LogP contribution >= 0.6 is 0 Å². The summed E-state index contributed by atoms with van der Waals surface area (Å²) >= 11 is 0. The van der Waals surface area contributed by atoms with Gasteiger partial charge in [-0.25, -0.2) is 0 Å². The molecule has 0 aromatic heterocycles. The summed E-state index contributed by atoms with van der Waals surface area (Å²) in [6.07, 6.45) is 7.39. The Bertz CT molecular complexity index is 90.9. The second-order valence-electron chi connectivity index (χ2n) is 2.83. The van der Waals surface area contributed by atoms with Crippen LogP contribution in [-0.4, -0.2) is 18.0 Å². The van der Waals surface area contributed by atoms with Crippen molar-refractivity contribution in [2.24, 2.45) is 0 Å². The van der Waals surface area contributed by atoms with E-state index in [1.165, 1.54) is 38.8 Å². The topological polar surface area (TPSA) is 3.24 Å². The van der Waals surface area contributed by atoms with Gasteiger partial charge in [0.05, 0.1) is 0 Å². The zero-order valence-electron chi connectivity index (χ0n) is 6.55. The number of hydrogen-bond donors (Lipinski definition) is 0. The van der Waals surface area contributed by atoms with Crippen molar-refractivity contribution < 1.29 is 0 Å². The largest absolute Gasteiger partial charge is 0.295 e. The third-order valence-electron chi connectivity index (χ3n) is 1.96. The van der Waals surface area contributed by atoms with Crippen molar-refractivity contribution in [1.82, 2.24) is 4.90 Å². The molecule has 1 heterocycles. The Labute approximate surface area is 63.7 Å². The Balaban J connectivity index is 2.21. The fraction of sp³-hybridized carbons (Fsp3) is 0.667. The smallest absolute Gasteiger partial charge is 0.0467 e. The number of likely N-dealkylation sites (tertiary alicyclic amines) is 1. The molecule has 1 fully saturated rings. The highest BCUT2D eigenvalue weighted by Crippen LogP contribution is 2.10. The van der Waals surface area contributed by atoms with Crippen molar-refractivity contribution in [1.29, 1.82) is 0 Å². The molecular weight excluding hydrogens is 122 g/mol. The number of hydrogen-bond acceptors (Lipinski definition) is 1. The van der Waals surface area contributed by atoms with Gasteiger partial charge in [0, 0.05) is 6.54 Å². The molecule has 0 amide bonds. The minimum atomic E-state index is 1.23. The molecule has 0 bridgehead atoms. The van der Waals surface area contributed by atoms with E-state index < -0.39 is 0 Å². The normalized spacial score (nSPS) is 22.0. The van der Waals surface area contributed by atoms with Crippen molar-refractivity contribution >= 4 is 0 Å². The van der Waals surface area contributed by atoms with Crippen LogP contribution in [0, 0.1) is 6.54 Å². The van der Waals surface area contributed by atoms with Crippen LogP contribution in [-0.2, 0) is 0 Å². The maximum absolute atomic E-state index is 3.69. The highest BCUT2D eigenvalue weighted by Gasteiger charge is 2.05. The van der Waals surface area contributed by atoms with Gasteiger partial charge in [-0.15, -0.1) is 6.58 Å². The predicted molar refractivity (Wildman–Crippen MR) is 44.5 cm³/mol. The average molecular weight is 138 g/mol. The second kappa shape index (κ2) is 4.51. The molecule has 0 aromatic rings. The Hall–Kier alpha value is -0.300. The third-order valence-corrected chi connectivity index (χ3v) is 1.96. The Kier molecular flexibility index (Phi) is 3.52. The summed E-state index contributed by atoms with van der Waals surface area (Å²) in [7, 11) is 0. The van der Waals surface area contributed by atoms with Gasteiger partial charge in [0.1, 0.15) is 0 Å². The van der Waals surface area contributed by atoms with E-state index in [4.69, 9.17) is 0 Å².